The molecule has 8 heteroatoms. The minimum Gasteiger partial charge on any atom is -0.507 e. The van der Waals surface area contributed by atoms with Crippen LogP contribution in [0.4, 0.5) is 14.6 Å². The molecular formula is C21H14F2N2O4. The van der Waals surface area contributed by atoms with Gasteiger partial charge in [0.2, 0.25) is 0 Å². The maximum atomic E-state index is 13.4. The highest BCUT2D eigenvalue weighted by molar-refractivity contribution is 6.51. The molecule has 0 saturated carbocycles. The fourth-order valence-corrected chi connectivity index (χ4v) is 3.26. The molecule has 2 heterocycles. The molecule has 3 aromatic rings. The number of hydrogen-bond donors (Lipinski definition) is 1. The van der Waals surface area contributed by atoms with E-state index in [-0.39, 0.29) is 17.0 Å². The molecule has 0 spiro atoms. The summed E-state index contributed by atoms with van der Waals surface area (Å²) in [5, 5.41) is 14.6. The largest absolute Gasteiger partial charge is 0.507 e. The summed E-state index contributed by atoms with van der Waals surface area (Å²) in [6.45, 7) is 1.62. The van der Waals surface area contributed by atoms with Crippen molar-refractivity contribution in [1.29, 1.82) is 0 Å². The third-order valence-electron chi connectivity index (χ3n) is 4.61. The van der Waals surface area contributed by atoms with Crippen LogP contribution in [-0.2, 0) is 9.59 Å². The molecule has 1 unspecified atom stereocenters. The van der Waals surface area contributed by atoms with Gasteiger partial charge in [0.25, 0.3) is 5.78 Å². The Balaban J connectivity index is 1.93. The molecule has 6 nitrogen and oxygen atoms in total. The lowest BCUT2D eigenvalue weighted by Gasteiger charge is -2.22. The van der Waals surface area contributed by atoms with Crippen molar-refractivity contribution in [3.05, 3.63) is 88.7 Å². The minimum atomic E-state index is -1.06. The van der Waals surface area contributed by atoms with Gasteiger partial charge in [-0.25, -0.2) is 8.78 Å². The first-order chi connectivity index (χ1) is 13.9. The average Bonchev–Trinajstić information content (AvgIpc) is 3.24. The number of aliphatic hydroxyl groups excluding tert-OH is 1. The predicted molar refractivity (Wildman–Crippen MR) is 98.8 cm³/mol. The number of rotatable bonds is 3. The summed E-state index contributed by atoms with van der Waals surface area (Å²) >= 11 is 0. The second-order valence-corrected chi connectivity index (χ2v) is 6.52. The van der Waals surface area contributed by atoms with Gasteiger partial charge < -0.3 is 9.63 Å². The number of aliphatic hydroxyl groups is 1. The van der Waals surface area contributed by atoms with Crippen molar-refractivity contribution in [3.63, 3.8) is 0 Å². The lowest BCUT2D eigenvalue weighted by Crippen LogP contribution is -2.29. The van der Waals surface area contributed by atoms with Gasteiger partial charge in [0.1, 0.15) is 23.2 Å². The van der Waals surface area contributed by atoms with Gasteiger partial charge in [0.15, 0.2) is 5.82 Å². The van der Waals surface area contributed by atoms with E-state index in [1.807, 2.05) is 0 Å². The van der Waals surface area contributed by atoms with Gasteiger partial charge >= 0.3 is 5.91 Å². The number of carbonyl (C=O) groups excluding carboxylic acids is 2. The molecular weight excluding hydrogens is 382 g/mol. The van der Waals surface area contributed by atoms with Crippen molar-refractivity contribution >= 4 is 23.3 Å². The zero-order valence-electron chi connectivity index (χ0n) is 15.1. The van der Waals surface area contributed by atoms with Crippen LogP contribution in [-0.4, -0.2) is 22.0 Å². The SMILES string of the molecule is Cc1cc(N2C(=O)C(=O)/C(=C(\O)c3ccc(F)cc3)C2c2ccc(F)cc2)no1. The number of hydrogen-bond acceptors (Lipinski definition) is 5. The number of amides is 1. The van der Waals surface area contributed by atoms with Crippen LogP contribution in [0.1, 0.15) is 22.9 Å². The summed E-state index contributed by atoms with van der Waals surface area (Å²) in [7, 11) is 0. The molecule has 0 radical (unpaired) electrons. The molecule has 1 fully saturated rings. The van der Waals surface area contributed by atoms with E-state index >= 15 is 0 Å². The van der Waals surface area contributed by atoms with Gasteiger partial charge in [-0.3, -0.25) is 14.5 Å². The number of benzene rings is 2. The lowest BCUT2D eigenvalue weighted by molar-refractivity contribution is -0.132. The summed E-state index contributed by atoms with van der Waals surface area (Å²) in [5.41, 5.74) is 0.330. The number of nitrogens with zero attached hydrogens (tertiary/aromatic N) is 2. The Labute approximate surface area is 163 Å². The van der Waals surface area contributed by atoms with Gasteiger partial charge in [0.05, 0.1) is 11.6 Å². The Hall–Kier alpha value is -3.81. The van der Waals surface area contributed by atoms with Crippen LogP contribution in [0.3, 0.4) is 0 Å². The number of ketones is 1. The fourth-order valence-electron chi connectivity index (χ4n) is 3.26. The predicted octanol–water partition coefficient (Wildman–Crippen LogP) is 3.89. The highest BCUT2D eigenvalue weighted by Gasteiger charge is 2.48. The van der Waals surface area contributed by atoms with Crippen LogP contribution < -0.4 is 4.90 Å². The summed E-state index contributed by atoms with van der Waals surface area (Å²) in [6, 6.07) is 10.4. The first kappa shape index (κ1) is 18.5. The van der Waals surface area contributed by atoms with Crippen molar-refractivity contribution < 1.29 is 28.0 Å². The molecule has 1 N–H and O–H groups in total. The summed E-state index contributed by atoms with van der Waals surface area (Å²) in [6.07, 6.45) is 0. The molecule has 1 atom stereocenters. The van der Waals surface area contributed by atoms with Crippen LogP contribution in [0.25, 0.3) is 5.76 Å². The maximum absolute atomic E-state index is 13.4. The van der Waals surface area contributed by atoms with Gasteiger partial charge in [-0.1, -0.05) is 17.3 Å². The van der Waals surface area contributed by atoms with Crippen molar-refractivity contribution in [3.8, 4) is 0 Å². The molecule has 0 bridgehead atoms. The summed E-state index contributed by atoms with van der Waals surface area (Å²) in [4.78, 5) is 26.7. The first-order valence-electron chi connectivity index (χ1n) is 8.62. The zero-order chi connectivity index (χ0) is 20.7. The number of anilines is 1. The Morgan fingerprint density at radius 3 is 2.17 bits per heavy atom. The van der Waals surface area contributed by atoms with E-state index < -0.39 is 35.1 Å². The number of Topliss-reactive ketones (excluding diaryl/α,β-unsaturated/α-hetero) is 1. The summed E-state index contributed by atoms with van der Waals surface area (Å²) in [5.74, 6) is -2.86. The van der Waals surface area contributed by atoms with E-state index in [2.05, 4.69) is 5.16 Å². The maximum Gasteiger partial charge on any atom is 0.301 e. The second kappa shape index (κ2) is 6.97. The third kappa shape index (κ3) is 3.18. The van der Waals surface area contributed by atoms with E-state index in [9.17, 15) is 23.5 Å². The normalized spacial score (nSPS) is 18.4. The van der Waals surface area contributed by atoms with Crippen molar-refractivity contribution in [1.82, 2.24) is 5.16 Å². The highest BCUT2D eigenvalue weighted by Crippen LogP contribution is 2.41. The zero-order valence-corrected chi connectivity index (χ0v) is 15.1. The molecule has 4 rings (SSSR count). The van der Waals surface area contributed by atoms with Crippen LogP contribution >= 0.6 is 0 Å². The Morgan fingerprint density at radius 2 is 1.62 bits per heavy atom. The molecule has 2 aromatic carbocycles. The fraction of sp³-hybridized carbons (Fsp3) is 0.0952. The molecule has 146 valence electrons. The summed E-state index contributed by atoms with van der Waals surface area (Å²) < 4.78 is 31.7. The number of aromatic nitrogens is 1. The van der Waals surface area contributed by atoms with Crippen LogP contribution in [0.15, 0.2) is 64.7 Å². The van der Waals surface area contributed by atoms with Crippen LogP contribution in [0.5, 0.6) is 0 Å². The Bertz CT molecular complexity index is 1130. The van der Waals surface area contributed by atoms with E-state index in [0.29, 0.717) is 11.3 Å². The first-order valence-corrected chi connectivity index (χ1v) is 8.62. The number of aryl methyl sites for hydroxylation is 1. The third-order valence-corrected chi connectivity index (χ3v) is 4.61. The monoisotopic (exact) mass is 396 g/mol. The molecule has 0 aliphatic carbocycles. The number of halogens is 2. The van der Waals surface area contributed by atoms with Gasteiger partial charge in [-0.2, -0.15) is 0 Å². The smallest absolute Gasteiger partial charge is 0.301 e. The highest BCUT2D eigenvalue weighted by atomic mass is 19.1. The molecule has 1 amide bonds. The van der Waals surface area contributed by atoms with Gasteiger partial charge in [-0.15, -0.1) is 0 Å². The minimum absolute atomic E-state index is 0.0806. The van der Waals surface area contributed by atoms with Gasteiger partial charge in [0, 0.05) is 11.6 Å². The van der Waals surface area contributed by atoms with Crippen molar-refractivity contribution in [2.45, 2.75) is 13.0 Å². The van der Waals surface area contributed by atoms with Crippen molar-refractivity contribution in [2.24, 2.45) is 0 Å². The molecule has 1 saturated heterocycles. The molecule has 1 aliphatic rings. The lowest BCUT2D eigenvalue weighted by atomic mass is 9.95. The quantitative estimate of drug-likeness (QED) is 0.413. The van der Waals surface area contributed by atoms with E-state index in [1.54, 1.807) is 6.92 Å². The van der Waals surface area contributed by atoms with E-state index in [1.165, 1.54) is 42.5 Å². The standard InChI is InChI=1S/C21H14F2N2O4/c1-11-10-16(24-29-11)25-18(12-2-6-14(22)7-3-12)17(20(27)21(25)28)19(26)13-4-8-15(23)9-5-13/h2-10,18,26H,1H3/b19-17-. The van der Waals surface area contributed by atoms with Crippen LogP contribution in [0.2, 0.25) is 0 Å². The molecule has 29 heavy (non-hydrogen) atoms. The molecule has 1 aromatic heterocycles. The Morgan fingerprint density at radius 1 is 1.03 bits per heavy atom. The number of carbonyl (C=O) groups is 2. The molecule has 1 aliphatic heterocycles. The van der Waals surface area contributed by atoms with E-state index in [0.717, 1.165) is 17.0 Å². The second-order valence-electron chi connectivity index (χ2n) is 6.52. The topological polar surface area (TPSA) is 83.6 Å². The van der Waals surface area contributed by atoms with E-state index in [4.69, 9.17) is 4.52 Å². The average molecular weight is 396 g/mol. The van der Waals surface area contributed by atoms with Crippen molar-refractivity contribution in [2.75, 3.05) is 4.90 Å². The van der Waals surface area contributed by atoms with Crippen LogP contribution in [0, 0.1) is 18.6 Å². The van der Waals surface area contributed by atoms with Gasteiger partial charge in [-0.05, 0) is 48.9 Å². The Kier molecular flexibility index (Phi) is 4.46.